The first-order valence-electron chi connectivity index (χ1n) is 16.3. The maximum Gasteiger partial charge on any atom is 0.137 e. The Bertz CT molecular complexity index is 2190. The van der Waals surface area contributed by atoms with Crippen molar-refractivity contribution in [3.05, 3.63) is 132 Å². The fraction of sp³-hybridized carbons (Fsp3) is 0.220. The number of nitrogens with zero attached hydrogens (tertiary/aromatic N) is 4. The van der Waals surface area contributed by atoms with Crippen LogP contribution < -0.4 is 4.74 Å². The van der Waals surface area contributed by atoms with Gasteiger partial charge in [0.2, 0.25) is 0 Å². The van der Waals surface area contributed by atoms with Crippen molar-refractivity contribution in [3.63, 3.8) is 0 Å². The van der Waals surface area contributed by atoms with Crippen molar-refractivity contribution in [2.24, 2.45) is 5.92 Å². The third-order valence-corrected chi connectivity index (χ3v) is 8.61. The Morgan fingerprint density at radius 3 is 2.50 bits per heavy atom. The Hall–Kier alpha value is -5.16. The van der Waals surface area contributed by atoms with Crippen molar-refractivity contribution in [2.45, 2.75) is 53.9 Å². The van der Waals surface area contributed by atoms with Gasteiger partial charge in [-0.1, -0.05) is 63.6 Å². The summed E-state index contributed by atoms with van der Waals surface area (Å²) >= 11 is 0. The third-order valence-electron chi connectivity index (χ3n) is 8.61. The molecule has 0 radical (unpaired) electrons. The van der Waals surface area contributed by atoms with E-state index in [9.17, 15) is 0 Å². The van der Waals surface area contributed by atoms with Crippen LogP contribution in [-0.4, -0.2) is 19.3 Å². The molecular formula is C41H40N4O. The average Bonchev–Trinajstić information content (AvgIpc) is 3.64. The molecule has 0 aliphatic heterocycles. The van der Waals surface area contributed by atoms with Crippen LogP contribution in [0.5, 0.6) is 11.5 Å². The molecule has 0 bridgehead atoms. The van der Waals surface area contributed by atoms with E-state index in [1.165, 1.54) is 33.0 Å². The van der Waals surface area contributed by atoms with Crippen molar-refractivity contribution in [2.75, 3.05) is 0 Å². The summed E-state index contributed by atoms with van der Waals surface area (Å²) < 4.78 is 10.8. The van der Waals surface area contributed by atoms with Gasteiger partial charge in [-0.3, -0.25) is 4.57 Å². The number of aryl methyl sites for hydroxylation is 3. The summed E-state index contributed by atoms with van der Waals surface area (Å²) in [6.07, 6.45) is 9.20. The summed E-state index contributed by atoms with van der Waals surface area (Å²) in [6, 6.07) is 32.1. The molecule has 0 aliphatic carbocycles. The fourth-order valence-electron chi connectivity index (χ4n) is 6.71. The van der Waals surface area contributed by atoms with Crippen LogP contribution in [0, 0.1) is 19.8 Å². The number of rotatable bonds is 9. The lowest BCUT2D eigenvalue weighted by Gasteiger charge is -2.12. The van der Waals surface area contributed by atoms with E-state index < -0.39 is 0 Å². The van der Waals surface area contributed by atoms with E-state index in [0.29, 0.717) is 5.92 Å². The molecule has 3 aromatic heterocycles. The molecule has 0 unspecified atom stereocenters. The number of hydrogen-bond donors (Lipinski definition) is 0. The van der Waals surface area contributed by atoms with Crippen LogP contribution in [0.4, 0.5) is 0 Å². The molecular weight excluding hydrogens is 564 g/mol. The van der Waals surface area contributed by atoms with Gasteiger partial charge in [0.1, 0.15) is 17.3 Å². The monoisotopic (exact) mass is 604 g/mol. The lowest BCUT2D eigenvalue weighted by molar-refractivity contribution is 0.482. The Morgan fingerprint density at radius 2 is 1.65 bits per heavy atom. The SMILES string of the molecule is CCCc1cccc(C)c1-c1cnn(-c2cc(C)cc(Oc3ccc4c5ccccc5n(-c5cc(CC(C)C)ccn5)c4c3)c2)c1. The molecule has 0 amide bonds. The topological polar surface area (TPSA) is 44.9 Å². The summed E-state index contributed by atoms with van der Waals surface area (Å²) in [5.74, 6) is 3.04. The van der Waals surface area contributed by atoms with Gasteiger partial charge in [0.25, 0.3) is 0 Å². The van der Waals surface area contributed by atoms with E-state index in [4.69, 9.17) is 14.8 Å². The highest BCUT2D eigenvalue weighted by Gasteiger charge is 2.16. The molecule has 5 nitrogen and oxygen atoms in total. The zero-order chi connectivity index (χ0) is 31.8. The number of para-hydroxylation sites is 1. The molecule has 230 valence electrons. The van der Waals surface area contributed by atoms with E-state index >= 15 is 0 Å². The number of benzene rings is 4. The van der Waals surface area contributed by atoms with Crippen LogP contribution in [0.15, 0.2) is 110 Å². The number of pyridine rings is 1. The molecule has 0 N–H and O–H groups in total. The second kappa shape index (κ2) is 12.3. The van der Waals surface area contributed by atoms with Crippen LogP contribution in [-0.2, 0) is 12.8 Å². The molecule has 7 rings (SSSR count). The second-order valence-corrected chi connectivity index (χ2v) is 12.8. The van der Waals surface area contributed by atoms with Crippen LogP contribution in [0.2, 0.25) is 0 Å². The van der Waals surface area contributed by atoms with Gasteiger partial charge in [-0.25, -0.2) is 9.67 Å². The van der Waals surface area contributed by atoms with Crippen molar-refractivity contribution < 1.29 is 4.74 Å². The Kier molecular flexibility index (Phi) is 7.91. The number of fused-ring (bicyclic) bond motifs is 3. The molecule has 7 aromatic rings. The first-order chi connectivity index (χ1) is 22.4. The quantitative estimate of drug-likeness (QED) is 0.165. The van der Waals surface area contributed by atoms with Gasteiger partial charge in [0.05, 0.1) is 22.9 Å². The van der Waals surface area contributed by atoms with Crippen LogP contribution in [0.3, 0.4) is 0 Å². The zero-order valence-corrected chi connectivity index (χ0v) is 27.3. The van der Waals surface area contributed by atoms with E-state index in [0.717, 1.165) is 64.4 Å². The summed E-state index contributed by atoms with van der Waals surface area (Å²) in [5, 5.41) is 7.15. The van der Waals surface area contributed by atoms with Crippen LogP contribution in [0.1, 0.15) is 49.4 Å². The van der Waals surface area contributed by atoms with Gasteiger partial charge in [0.15, 0.2) is 0 Å². The molecule has 0 saturated carbocycles. The van der Waals surface area contributed by atoms with Gasteiger partial charge in [-0.15, -0.1) is 0 Å². The molecule has 5 heteroatoms. The first kappa shape index (κ1) is 29.5. The van der Waals surface area contributed by atoms with Crippen molar-refractivity contribution in [3.8, 4) is 34.1 Å². The smallest absolute Gasteiger partial charge is 0.137 e. The molecule has 4 aromatic carbocycles. The maximum absolute atomic E-state index is 6.58. The molecule has 0 spiro atoms. The third kappa shape index (κ3) is 5.69. The predicted molar refractivity (Wildman–Crippen MR) is 190 cm³/mol. The zero-order valence-electron chi connectivity index (χ0n) is 27.3. The Labute approximate surface area is 271 Å². The summed E-state index contributed by atoms with van der Waals surface area (Å²) in [7, 11) is 0. The standard InChI is InChI=1S/C41H40N4O/c1-6-10-31-12-9-11-29(5)41(31)32-25-43-44(26-32)33-20-28(4)21-35(23-33)46-34-15-16-37-36-13-7-8-14-38(36)45(39(37)24-34)40-22-30(17-18-42-40)19-27(2)3/h7-9,11-18,20-27H,6,10,19H2,1-5H3. The van der Waals surface area contributed by atoms with Gasteiger partial charge in [-0.05, 0) is 103 Å². The lowest BCUT2D eigenvalue weighted by Crippen LogP contribution is -2.01. The molecule has 0 aliphatic rings. The number of ether oxygens (including phenoxy) is 1. The molecule has 46 heavy (non-hydrogen) atoms. The highest BCUT2D eigenvalue weighted by molar-refractivity contribution is 6.09. The normalized spacial score (nSPS) is 11.6. The number of hydrogen-bond acceptors (Lipinski definition) is 3. The van der Waals surface area contributed by atoms with E-state index in [1.807, 2.05) is 17.1 Å². The highest BCUT2D eigenvalue weighted by Crippen LogP contribution is 2.36. The Balaban J connectivity index is 1.26. The van der Waals surface area contributed by atoms with Crippen molar-refractivity contribution in [1.82, 2.24) is 19.3 Å². The molecule has 0 saturated heterocycles. The molecule has 0 atom stereocenters. The van der Waals surface area contributed by atoms with Gasteiger partial charge < -0.3 is 4.74 Å². The van der Waals surface area contributed by atoms with Crippen LogP contribution >= 0.6 is 0 Å². The van der Waals surface area contributed by atoms with Gasteiger partial charge in [0, 0.05) is 40.9 Å². The van der Waals surface area contributed by atoms with Crippen molar-refractivity contribution >= 4 is 21.8 Å². The van der Waals surface area contributed by atoms with E-state index in [1.54, 1.807) is 0 Å². The predicted octanol–water partition coefficient (Wildman–Crippen LogP) is 10.6. The maximum atomic E-state index is 6.58. The number of aromatic nitrogens is 4. The van der Waals surface area contributed by atoms with E-state index in [2.05, 4.69) is 136 Å². The average molecular weight is 605 g/mol. The van der Waals surface area contributed by atoms with Gasteiger partial charge in [-0.2, -0.15) is 5.10 Å². The minimum Gasteiger partial charge on any atom is -0.457 e. The van der Waals surface area contributed by atoms with Gasteiger partial charge >= 0.3 is 0 Å². The fourth-order valence-corrected chi connectivity index (χ4v) is 6.71. The lowest BCUT2D eigenvalue weighted by atomic mass is 9.95. The first-order valence-corrected chi connectivity index (χ1v) is 16.3. The molecule has 0 fully saturated rings. The largest absolute Gasteiger partial charge is 0.457 e. The highest BCUT2D eigenvalue weighted by atomic mass is 16.5. The molecule has 3 heterocycles. The summed E-state index contributed by atoms with van der Waals surface area (Å²) in [6.45, 7) is 11.0. The summed E-state index contributed by atoms with van der Waals surface area (Å²) in [4.78, 5) is 4.82. The minimum absolute atomic E-state index is 0.571. The van der Waals surface area contributed by atoms with Crippen molar-refractivity contribution in [1.29, 1.82) is 0 Å². The van der Waals surface area contributed by atoms with E-state index in [-0.39, 0.29) is 0 Å². The van der Waals surface area contributed by atoms with Crippen LogP contribution in [0.25, 0.3) is 44.4 Å². The second-order valence-electron chi connectivity index (χ2n) is 12.8. The minimum atomic E-state index is 0.571. The Morgan fingerprint density at radius 1 is 0.804 bits per heavy atom. The summed E-state index contributed by atoms with van der Waals surface area (Å²) in [5.41, 5.74) is 10.6.